The Morgan fingerprint density at radius 3 is 2.70 bits per heavy atom. The third-order valence-electron chi connectivity index (χ3n) is 7.76. The van der Waals surface area contributed by atoms with E-state index in [0.717, 1.165) is 49.0 Å². The van der Waals surface area contributed by atoms with Crippen molar-refractivity contribution in [2.75, 3.05) is 11.9 Å². The van der Waals surface area contributed by atoms with Crippen LogP contribution >= 0.6 is 11.3 Å². The van der Waals surface area contributed by atoms with E-state index in [1.165, 1.54) is 19.1 Å². The fraction of sp³-hybridized carbons (Fsp3) is 0.500. The minimum Gasteiger partial charge on any atom is -0.342 e. The average Bonchev–Trinajstić information content (AvgIpc) is 3.43. The van der Waals surface area contributed by atoms with Crippen LogP contribution in [0.3, 0.4) is 0 Å². The summed E-state index contributed by atoms with van der Waals surface area (Å²) in [7, 11) is 0. The number of hydrogen-bond acceptors (Lipinski definition) is 6. The van der Waals surface area contributed by atoms with E-state index in [-0.39, 0.29) is 47.5 Å². The molecule has 4 amide bonds. The van der Waals surface area contributed by atoms with Crippen LogP contribution in [0.5, 0.6) is 0 Å². The highest BCUT2D eigenvalue weighted by Gasteiger charge is 2.64. The van der Waals surface area contributed by atoms with E-state index in [1.807, 2.05) is 0 Å². The second kappa shape index (κ2) is 9.85. The zero-order valence-corrected chi connectivity index (χ0v) is 21.6. The van der Waals surface area contributed by atoms with Crippen molar-refractivity contribution in [1.82, 2.24) is 20.5 Å². The lowest BCUT2D eigenvalue weighted by molar-refractivity contribution is -0.145. The predicted molar refractivity (Wildman–Crippen MR) is 136 cm³/mol. The quantitative estimate of drug-likeness (QED) is 0.499. The SMILES string of the molecule is CC(=O)c1sc(NC(=O)N[C@@H]2CCCCC23CC3N2CC(=O)N[C@@H](Cc3ccc(F)cc3)C2=O)nc1C. The van der Waals surface area contributed by atoms with E-state index in [9.17, 15) is 23.6 Å². The first-order chi connectivity index (χ1) is 17.7. The molecule has 5 rings (SSSR count). The molecular weight excluding hydrogens is 497 g/mol. The maximum atomic E-state index is 13.4. The highest BCUT2D eigenvalue weighted by Crippen LogP contribution is 2.59. The number of halogens is 1. The van der Waals surface area contributed by atoms with Crippen LogP contribution in [-0.2, 0) is 16.0 Å². The molecule has 9 nitrogen and oxygen atoms in total. The van der Waals surface area contributed by atoms with Crippen LogP contribution in [0.1, 0.15) is 60.0 Å². The second-order valence-corrected chi connectivity index (χ2v) is 11.3. The van der Waals surface area contributed by atoms with Gasteiger partial charge in [0, 0.05) is 30.8 Å². The molecule has 2 saturated carbocycles. The van der Waals surface area contributed by atoms with Gasteiger partial charge in [0.25, 0.3) is 0 Å². The van der Waals surface area contributed by atoms with Gasteiger partial charge in [0.2, 0.25) is 11.8 Å². The number of hydrogen-bond donors (Lipinski definition) is 3. The summed E-state index contributed by atoms with van der Waals surface area (Å²) in [6.07, 6.45) is 4.63. The Bertz CT molecular complexity index is 1250. The van der Waals surface area contributed by atoms with Crippen molar-refractivity contribution in [3.63, 3.8) is 0 Å². The number of nitrogens with one attached hydrogen (secondary N) is 3. The van der Waals surface area contributed by atoms with Crippen LogP contribution in [0.2, 0.25) is 0 Å². The molecule has 4 atom stereocenters. The van der Waals surface area contributed by atoms with Crippen LogP contribution in [0, 0.1) is 18.2 Å². The van der Waals surface area contributed by atoms with E-state index in [1.54, 1.807) is 24.0 Å². The summed E-state index contributed by atoms with van der Waals surface area (Å²) in [6.45, 7) is 3.20. The molecule has 0 bridgehead atoms. The minimum absolute atomic E-state index is 0.00367. The Balaban J connectivity index is 1.26. The highest BCUT2D eigenvalue weighted by molar-refractivity contribution is 7.17. The zero-order chi connectivity index (χ0) is 26.3. The molecule has 37 heavy (non-hydrogen) atoms. The Kier molecular flexibility index (Phi) is 6.74. The van der Waals surface area contributed by atoms with Gasteiger partial charge in [-0.2, -0.15) is 0 Å². The van der Waals surface area contributed by atoms with Gasteiger partial charge in [-0.3, -0.25) is 19.7 Å². The van der Waals surface area contributed by atoms with Gasteiger partial charge in [-0.25, -0.2) is 14.2 Å². The first-order valence-electron chi connectivity index (χ1n) is 12.6. The molecule has 1 aliphatic heterocycles. The summed E-state index contributed by atoms with van der Waals surface area (Å²) in [5.74, 6) is -0.807. The number of Topliss-reactive ketones (excluding diaryl/α,β-unsaturated/α-hetero) is 1. The van der Waals surface area contributed by atoms with Crippen molar-refractivity contribution in [2.24, 2.45) is 5.41 Å². The molecule has 2 aromatic rings. The van der Waals surface area contributed by atoms with E-state index >= 15 is 0 Å². The average molecular weight is 528 g/mol. The van der Waals surface area contributed by atoms with Gasteiger partial charge < -0.3 is 15.5 Å². The van der Waals surface area contributed by atoms with E-state index < -0.39 is 12.1 Å². The summed E-state index contributed by atoms with van der Waals surface area (Å²) in [4.78, 5) is 57.0. The van der Waals surface area contributed by atoms with Gasteiger partial charge >= 0.3 is 6.03 Å². The summed E-state index contributed by atoms with van der Waals surface area (Å²) < 4.78 is 13.3. The number of carbonyl (C=O) groups is 4. The molecule has 0 radical (unpaired) electrons. The third-order valence-corrected chi connectivity index (χ3v) is 8.93. The third kappa shape index (κ3) is 5.09. The fourth-order valence-corrected chi connectivity index (χ4v) is 6.76. The molecule has 3 aliphatic rings. The number of nitrogens with zero attached hydrogens (tertiary/aromatic N) is 2. The van der Waals surface area contributed by atoms with Crippen molar-refractivity contribution >= 4 is 40.1 Å². The minimum atomic E-state index is -0.703. The standard InChI is InChI=1S/C26H30FN5O4S/c1-14-22(15(2)33)37-25(28-14)31-24(36)30-19-5-3-4-10-26(19)12-20(26)32-13-21(34)29-18(23(32)35)11-16-6-8-17(27)9-7-16/h6-9,18-20H,3-5,10-13H2,1-2H3,(H,29,34)(H2,28,30,31,36)/t18-,19+,20?,26?/m0/s1. The van der Waals surface area contributed by atoms with Gasteiger partial charge in [0.15, 0.2) is 10.9 Å². The highest BCUT2D eigenvalue weighted by atomic mass is 32.1. The summed E-state index contributed by atoms with van der Waals surface area (Å²) in [5, 5.41) is 8.99. The molecule has 3 N–H and O–H groups in total. The van der Waals surface area contributed by atoms with E-state index in [2.05, 4.69) is 20.9 Å². The molecule has 1 spiro atoms. The molecule has 196 valence electrons. The summed E-state index contributed by atoms with van der Waals surface area (Å²) in [5.41, 5.74) is 1.08. The lowest BCUT2D eigenvalue weighted by Gasteiger charge is -2.38. The number of amides is 4. The first-order valence-corrected chi connectivity index (χ1v) is 13.4. The number of benzene rings is 1. The monoisotopic (exact) mass is 527 g/mol. The Morgan fingerprint density at radius 2 is 2.00 bits per heavy atom. The Labute approximate surface area is 218 Å². The topological polar surface area (TPSA) is 121 Å². The number of carbonyl (C=O) groups excluding carboxylic acids is 4. The molecule has 1 saturated heterocycles. The van der Waals surface area contributed by atoms with Crippen molar-refractivity contribution in [3.8, 4) is 0 Å². The fourth-order valence-electron chi connectivity index (χ4n) is 5.91. The lowest BCUT2D eigenvalue weighted by atomic mass is 9.80. The van der Waals surface area contributed by atoms with Gasteiger partial charge in [-0.05, 0) is 43.9 Å². The molecule has 3 fully saturated rings. The smallest absolute Gasteiger partial charge is 0.321 e. The van der Waals surface area contributed by atoms with Gasteiger partial charge in [-0.1, -0.05) is 36.3 Å². The Morgan fingerprint density at radius 1 is 1.24 bits per heavy atom. The van der Waals surface area contributed by atoms with Crippen LogP contribution < -0.4 is 16.0 Å². The van der Waals surface area contributed by atoms with Crippen LogP contribution in [0.15, 0.2) is 24.3 Å². The maximum absolute atomic E-state index is 13.4. The molecule has 11 heteroatoms. The number of thiazole rings is 1. The first kappa shape index (κ1) is 25.3. The van der Waals surface area contributed by atoms with Gasteiger partial charge in [-0.15, -0.1) is 0 Å². The number of piperazine rings is 1. The van der Waals surface area contributed by atoms with Crippen molar-refractivity contribution in [1.29, 1.82) is 0 Å². The summed E-state index contributed by atoms with van der Waals surface area (Å²) in [6, 6.07) is 4.56. The number of urea groups is 1. The molecular formula is C26H30FN5O4S. The predicted octanol–water partition coefficient (Wildman–Crippen LogP) is 3.19. The Hall–Kier alpha value is -3.34. The van der Waals surface area contributed by atoms with Crippen LogP contribution in [0.25, 0.3) is 0 Å². The normalized spacial score (nSPS) is 27.1. The second-order valence-electron chi connectivity index (χ2n) is 10.3. The zero-order valence-electron chi connectivity index (χ0n) is 20.8. The van der Waals surface area contributed by atoms with Crippen molar-refractivity contribution in [3.05, 3.63) is 46.2 Å². The number of ketones is 1. The van der Waals surface area contributed by atoms with Crippen molar-refractivity contribution < 1.29 is 23.6 Å². The molecule has 1 aromatic heterocycles. The summed E-state index contributed by atoms with van der Waals surface area (Å²) >= 11 is 1.15. The lowest BCUT2D eigenvalue weighted by Crippen LogP contribution is -2.60. The van der Waals surface area contributed by atoms with E-state index in [0.29, 0.717) is 22.1 Å². The largest absolute Gasteiger partial charge is 0.342 e. The molecule has 2 aliphatic carbocycles. The van der Waals surface area contributed by atoms with Crippen molar-refractivity contribution in [2.45, 2.75) is 70.5 Å². The van der Waals surface area contributed by atoms with Crippen LogP contribution in [0.4, 0.5) is 14.3 Å². The van der Waals surface area contributed by atoms with E-state index in [4.69, 9.17) is 0 Å². The van der Waals surface area contributed by atoms with Gasteiger partial charge in [0.1, 0.15) is 11.9 Å². The van der Waals surface area contributed by atoms with Crippen LogP contribution in [-0.4, -0.2) is 58.2 Å². The van der Waals surface area contributed by atoms with Gasteiger partial charge in [0.05, 0.1) is 17.1 Å². The number of rotatable bonds is 6. The molecule has 2 unspecified atom stereocenters. The molecule has 1 aromatic carbocycles. The molecule has 2 heterocycles. The number of anilines is 1. The maximum Gasteiger partial charge on any atom is 0.321 e. The number of aryl methyl sites for hydroxylation is 1. The number of aromatic nitrogens is 1.